The Labute approximate surface area is 124 Å². The molecule has 0 aromatic heterocycles. The largest absolute Gasteiger partial charge is 0.493 e. The van der Waals surface area contributed by atoms with Crippen LogP contribution in [-0.2, 0) is 0 Å². The van der Waals surface area contributed by atoms with E-state index in [2.05, 4.69) is 41.7 Å². The van der Waals surface area contributed by atoms with Gasteiger partial charge in [-0.25, -0.2) is 0 Å². The highest BCUT2D eigenvalue weighted by molar-refractivity contribution is 9.10. The molecular weight excluding hydrogens is 308 g/mol. The minimum atomic E-state index is 0.134. The molecule has 1 atom stereocenters. The minimum absolute atomic E-state index is 0.134. The average molecular weight is 331 g/mol. The molecule has 5 heteroatoms. The summed E-state index contributed by atoms with van der Waals surface area (Å²) >= 11 is 3.59. The second-order valence-corrected chi connectivity index (χ2v) is 5.59. The van der Waals surface area contributed by atoms with Crippen LogP contribution in [0.4, 0.5) is 0 Å². The van der Waals surface area contributed by atoms with Crippen molar-refractivity contribution in [3.05, 3.63) is 22.2 Å². The van der Waals surface area contributed by atoms with Gasteiger partial charge in [0.25, 0.3) is 0 Å². The van der Waals surface area contributed by atoms with Crippen LogP contribution in [-0.4, -0.2) is 38.8 Å². The van der Waals surface area contributed by atoms with Gasteiger partial charge in [0.2, 0.25) is 0 Å². The summed E-state index contributed by atoms with van der Waals surface area (Å²) in [6, 6.07) is 4.45. The van der Waals surface area contributed by atoms with Gasteiger partial charge in [-0.05, 0) is 38.6 Å². The molecule has 0 radical (unpaired) electrons. The Bertz CT molecular complexity index is 424. The fourth-order valence-electron chi connectivity index (χ4n) is 2.00. The zero-order valence-electron chi connectivity index (χ0n) is 12.2. The maximum Gasteiger partial charge on any atom is 0.161 e. The molecule has 0 saturated carbocycles. The maximum absolute atomic E-state index is 5.94. The van der Waals surface area contributed by atoms with Gasteiger partial charge < -0.3 is 15.2 Å². The number of methoxy groups -OCH3 is 2. The van der Waals surface area contributed by atoms with Gasteiger partial charge in [0, 0.05) is 23.1 Å². The molecule has 2 N–H and O–H groups in total. The molecule has 0 bridgehead atoms. The van der Waals surface area contributed by atoms with Crippen LogP contribution >= 0.6 is 15.9 Å². The molecule has 1 aromatic rings. The standard InChI is InChI=1S/C14H23BrN2O2/c1-9(2)17(3)12(8-16)10-6-13(18-4)14(19-5)7-11(10)15/h6-7,9,12H,8,16H2,1-5H3. The van der Waals surface area contributed by atoms with E-state index in [0.717, 1.165) is 15.8 Å². The summed E-state index contributed by atoms with van der Waals surface area (Å²) < 4.78 is 11.6. The smallest absolute Gasteiger partial charge is 0.161 e. The number of nitrogens with zero attached hydrogens (tertiary/aromatic N) is 1. The summed E-state index contributed by atoms with van der Waals surface area (Å²) in [7, 11) is 5.34. The number of halogens is 1. The van der Waals surface area contributed by atoms with E-state index in [9.17, 15) is 0 Å². The summed E-state index contributed by atoms with van der Waals surface area (Å²) in [5.74, 6) is 1.43. The topological polar surface area (TPSA) is 47.7 Å². The number of benzene rings is 1. The Morgan fingerprint density at radius 2 is 1.74 bits per heavy atom. The van der Waals surface area contributed by atoms with Crippen molar-refractivity contribution < 1.29 is 9.47 Å². The number of hydrogen-bond donors (Lipinski definition) is 1. The van der Waals surface area contributed by atoms with Gasteiger partial charge in [0.15, 0.2) is 11.5 Å². The van der Waals surface area contributed by atoms with Crippen LogP contribution < -0.4 is 15.2 Å². The van der Waals surface area contributed by atoms with Crippen LogP contribution in [0.3, 0.4) is 0 Å². The predicted molar refractivity (Wildman–Crippen MR) is 81.9 cm³/mol. The molecule has 1 unspecified atom stereocenters. The zero-order valence-corrected chi connectivity index (χ0v) is 13.8. The Morgan fingerprint density at radius 3 is 2.16 bits per heavy atom. The average Bonchev–Trinajstić information content (AvgIpc) is 2.40. The number of nitrogens with two attached hydrogens (primary N) is 1. The van der Waals surface area contributed by atoms with Crippen LogP contribution in [0.2, 0.25) is 0 Å². The zero-order chi connectivity index (χ0) is 14.6. The molecule has 0 aliphatic heterocycles. The van der Waals surface area contributed by atoms with Gasteiger partial charge in [-0.15, -0.1) is 0 Å². The Morgan fingerprint density at radius 1 is 1.21 bits per heavy atom. The van der Waals surface area contributed by atoms with Crippen LogP contribution in [0.1, 0.15) is 25.5 Å². The third kappa shape index (κ3) is 3.61. The van der Waals surface area contributed by atoms with Crippen molar-refractivity contribution in [3.63, 3.8) is 0 Å². The second kappa shape index (κ2) is 7.12. The lowest BCUT2D eigenvalue weighted by Gasteiger charge is -2.31. The Kier molecular flexibility index (Phi) is 6.10. The van der Waals surface area contributed by atoms with E-state index in [4.69, 9.17) is 15.2 Å². The number of rotatable bonds is 6. The van der Waals surface area contributed by atoms with E-state index in [-0.39, 0.29) is 6.04 Å². The van der Waals surface area contributed by atoms with Crippen LogP contribution in [0.25, 0.3) is 0 Å². The molecule has 0 saturated heterocycles. The van der Waals surface area contributed by atoms with E-state index in [1.165, 1.54) is 0 Å². The molecule has 19 heavy (non-hydrogen) atoms. The molecule has 108 valence electrons. The first-order valence-corrected chi connectivity index (χ1v) is 7.08. The summed E-state index contributed by atoms with van der Waals surface area (Å²) in [6.45, 7) is 4.84. The normalized spacial score (nSPS) is 12.9. The van der Waals surface area contributed by atoms with E-state index in [1.807, 2.05) is 12.1 Å². The molecule has 4 nitrogen and oxygen atoms in total. The quantitative estimate of drug-likeness (QED) is 0.871. The van der Waals surface area contributed by atoms with Gasteiger partial charge in [-0.3, -0.25) is 4.90 Å². The van der Waals surface area contributed by atoms with Crippen molar-refractivity contribution in [2.75, 3.05) is 27.8 Å². The fraction of sp³-hybridized carbons (Fsp3) is 0.571. The van der Waals surface area contributed by atoms with E-state index in [0.29, 0.717) is 18.3 Å². The first-order valence-electron chi connectivity index (χ1n) is 6.29. The third-order valence-electron chi connectivity index (χ3n) is 3.39. The lowest BCUT2D eigenvalue weighted by molar-refractivity contribution is 0.200. The monoisotopic (exact) mass is 330 g/mol. The molecule has 0 spiro atoms. The summed E-state index contributed by atoms with van der Waals surface area (Å²) in [4.78, 5) is 2.24. The van der Waals surface area contributed by atoms with E-state index < -0.39 is 0 Å². The first kappa shape index (κ1) is 16.3. The van der Waals surface area contributed by atoms with Crippen LogP contribution in [0.15, 0.2) is 16.6 Å². The fourth-order valence-corrected chi connectivity index (χ4v) is 2.58. The van der Waals surface area contributed by atoms with Gasteiger partial charge in [-0.1, -0.05) is 15.9 Å². The maximum atomic E-state index is 5.94. The van der Waals surface area contributed by atoms with E-state index >= 15 is 0 Å². The van der Waals surface area contributed by atoms with Crippen molar-refractivity contribution in [2.45, 2.75) is 25.9 Å². The molecule has 0 aliphatic carbocycles. The van der Waals surface area contributed by atoms with Gasteiger partial charge in [0.1, 0.15) is 0 Å². The predicted octanol–water partition coefficient (Wildman–Crippen LogP) is 2.81. The van der Waals surface area contributed by atoms with Gasteiger partial charge in [-0.2, -0.15) is 0 Å². The number of ether oxygens (including phenoxy) is 2. The molecule has 0 fully saturated rings. The van der Waals surface area contributed by atoms with Gasteiger partial charge >= 0.3 is 0 Å². The minimum Gasteiger partial charge on any atom is -0.493 e. The van der Waals surface area contributed by atoms with Crippen molar-refractivity contribution >= 4 is 15.9 Å². The molecule has 1 rings (SSSR count). The summed E-state index contributed by atoms with van der Waals surface area (Å²) in [6.07, 6.45) is 0. The lowest BCUT2D eigenvalue weighted by Crippen LogP contribution is -2.35. The summed E-state index contributed by atoms with van der Waals surface area (Å²) in [5.41, 5.74) is 7.05. The van der Waals surface area contributed by atoms with Crippen molar-refractivity contribution in [1.29, 1.82) is 0 Å². The third-order valence-corrected chi connectivity index (χ3v) is 4.08. The molecular formula is C14H23BrN2O2. The van der Waals surface area contributed by atoms with Crippen LogP contribution in [0, 0.1) is 0 Å². The SMILES string of the molecule is COc1cc(Br)c(C(CN)N(C)C(C)C)cc1OC. The highest BCUT2D eigenvalue weighted by Gasteiger charge is 2.22. The number of likely N-dealkylation sites (N-methyl/N-ethyl adjacent to an activating group) is 1. The summed E-state index contributed by atoms with van der Waals surface area (Å²) in [5, 5.41) is 0. The molecule has 0 amide bonds. The van der Waals surface area contributed by atoms with Crippen molar-refractivity contribution in [2.24, 2.45) is 5.73 Å². The van der Waals surface area contributed by atoms with Crippen molar-refractivity contribution in [3.8, 4) is 11.5 Å². The van der Waals surface area contributed by atoms with Crippen LogP contribution in [0.5, 0.6) is 11.5 Å². The lowest BCUT2D eigenvalue weighted by atomic mass is 10.0. The molecule has 1 aromatic carbocycles. The van der Waals surface area contributed by atoms with E-state index in [1.54, 1.807) is 14.2 Å². The Balaban J connectivity index is 3.24. The second-order valence-electron chi connectivity index (χ2n) is 4.74. The molecule has 0 heterocycles. The van der Waals surface area contributed by atoms with Gasteiger partial charge in [0.05, 0.1) is 14.2 Å². The highest BCUT2D eigenvalue weighted by Crippen LogP contribution is 2.37. The first-order chi connectivity index (χ1) is 8.96. The number of hydrogen-bond acceptors (Lipinski definition) is 4. The van der Waals surface area contributed by atoms with Crippen molar-refractivity contribution in [1.82, 2.24) is 4.90 Å². The molecule has 0 aliphatic rings. The Hall–Kier alpha value is -0.780. The highest BCUT2D eigenvalue weighted by atomic mass is 79.9.